The fourth-order valence-corrected chi connectivity index (χ4v) is 5.77. The number of halogens is 1. The molecule has 36 heavy (non-hydrogen) atoms. The van der Waals surface area contributed by atoms with E-state index in [1.54, 1.807) is 12.4 Å². The van der Waals surface area contributed by atoms with Crippen LogP contribution in [0.25, 0.3) is 16.9 Å². The predicted octanol–water partition coefficient (Wildman–Crippen LogP) is 3.96. The van der Waals surface area contributed by atoms with E-state index < -0.39 is 0 Å². The number of nitrogens with one attached hydrogen (secondary N) is 3. The predicted molar refractivity (Wildman–Crippen MR) is 138 cm³/mol. The molecule has 0 saturated carbocycles. The molecule has 6 heterocycles. The molecule has 3 aliphatic heterocycles. The van der Waals surface area contributed by atoms with Gasteiger partial charge < -0.3 is 20.9 Å². The number of amides is 1. The molecule has 3 N–H and O–H groups in total. The van der Waals surface area contributed by atoms with Crippen molar-refractivity contribution in [2.24, 2.45) is 5.92 Å². The fraction of sp³-hybridized carbons (Fsp3) is 0.296. The van der Waals surface area contributed by atoms with Crippen molar-refractivity contribution < 1.29 is 9.18 Å². The van der Waals surface area contributed by atoms with Crippen molar-refractivity contribution in [2.75, 3.05) is 29.9 Å². The Bertz CT molecular complexity index is 1480. The topological polar surface area (TPSA) is 86.6 Å². The van der Waals surface area contributed by atoms with Crippen LogP contribution in [-0.4, -0.2) is 46.0 Å². The van der Waals surface area contributed by atoms with Gasteiger partial charge in [0, 0.05) is 50.0 Å². The van der Waals surface area contributed by atoms with Crippen LogP contribution in [0.3, 0.4) is 0 Å². The smallest absolute Gasteiger partial charge is 0.254 e. The molecule has 3 aromatic heterocycles. The number of benzene rings is 1. The maximum absolute atomic E-state index is 13.6. The van der Waals surface area contributed by atoms with E-state index in [9.17, 15) is 9.18 Å². The first-order valence-electron chi connectivity index (χ1n) is 11.9. The Morgan fingerprint density at radius 3 is 2.97 bits per heavy atom. The largest absolute Gasteiger partial charge is 0.352 e. The van der Waals surface area contributed by atoms with Crippen molar-refractivity contribution in [3.8, 4) is 11.3 Å². The lowest BCUT2D eigenvalue weighted by Crippen LogP contribution is -2.34. The Kier molecular flexibility index (Phi) is 5.37. The number of aromatic nitrogens is 3. The van der Waals surface area contributed by atoms with Crippen molar-refractivity contribution in [3.05, 3.63) is 71.8 Å². The molecule has 8 nitrogen and oxygen atoms in total. The zero-order valence-electron chi connectivity index (χ0n) is 19.0. The van der Waals surface area contributed by atoms with Crippen molar-refractivity contribution in [2.45, 2.75) is 26.4 Å². The first-order valence-corrected chi connectivity index (χ1v) is 11.9. The number of imidazole rings is 1. The van der Waals surface area contributed by atoms with E-state index in [1.165, 1.54) is 18.6 Å². The van der Waals surface area contributed by atoms with E-state index in [0.29, 0.717) is 41.2 Å². The molecule has 0 bridgehead atoms. The van der Waals surface area contributed by atoms with Crippen LogP contribution in [0.5, 0.6) is 0 Å². The molecule has 2 fully saturated rings. The first kappa shape index (κ1) is 22.5. The van der Waals surface area contributed by atoms with Gasteiger partial charge >= 0.3 is 0 Å². The second kappa shape index (κ2) is 8.60. The van der Waals surface area contributed by atoms with E-state index in [2.05, 4.69) is 31.9 Å². The zero-order valence-corrected chi connectivity index (χ0v) is 19.0. The summed E-state index contributed by atoms with van der Waals surface area (Å²) in [7, 11) is 0. The summed E-state index contributed by atoms with van der Waals surface area (Å²) in [6, 6.07) is 13.2. The summed E-state index contributed by atoms with van der Waals surface area (Å²) in [5, 5.41) is 9.82. The van der Waals surface area contributed by atoms with Crippen LogP contribution in [0.4, 0.5) is 21.7 Å². The highest BCUT2D eigenvalue weighted by Gasteiger charge is 2.38. The molecule has 3 aliphatic rings. The maximum Gasteiger partial charge on any atom is 0.254 e. The van der Waals surface area contributed by atoms with Gasteiger partial charge in [-0.25, -0.2) is 14.4 Å². The van der Waals surface area contributed by atoms with Crippen molar-refractivity contribution in [1.29, 1.82) is 0 Å². The second-order valence-electron chi connectivity index (χ2n) is 9.39. The minimum Gasteiger partial charge on any atom is -0.352 e. The highest BCUT2D eigenvalue weighted by molar-refractivity contribution is 6.06. The summed E-state index contributed by atoms with van der Waals surface area (Å²) in [6.45, 7) is 3.51. The highest BCUT2D eigenvalue weighted by Crippen LogP contribution is 2.36. The maximum atomic E-state index is 13.6. The normalized spacial score (nSPS) is 20.2. The molecule has 4 aromatic rings. The van der Waals surface area contributed by atoms with E-state index in [-0.39, 0.29) is 19.2 Å². The Balaban J connectivity index is 0.00000240. The van der Waals surface area contributed by atoms with Gasteiger partial charge in [-0.3, -0.25) is 9.20 Å². The number of pyridine rings is 2. The third-order valence-corrected chi connectivity index (χ3v) is 7.45. The Labute approximate surface area is 208 Å². The summed E-state index contributed by atoms with van der Waals surface area (Å²) in [4.78, 5) is 24.5. The summed E-state index contributed by atoms with van der Waals surface area (Å²) < 4.78 is 15.5. The Morgan fingerprint density at radius 2 is 2.06 bits per heavy atom. The Hall–Kier alpha value is -3.98. The molecule has 0 aliphatic carbocycles. The molecule has 2 saturated heterocycles. The molecule has 184 valence electrons. The summed E-state index contributed by atoms with van der Waals surface area (Å²) in [5.41, 5.74) is 4.44. The third-order valence-electron chi connectivity index (χ3n) is 7.45. The molecule has 7 rings (SSSR count). The highest BCUT2D eigenvalue weighted by atomic mass is 19.1. The monoisotopic (exact) mass is 485 g/mol. The molecule has 0 unspecified atom stereocenters. The van der Waals surface area contributed by atoms with Gasteiger partial charge in [-0.1, -0.05) is 19.6 Å². The fourth-order valence-electron chi connectivity index (χ4n) is 5.77. The van der Waals surface area contributed by atoms with Gasteiger partial charge in [-0.2, -0.15) is 0 Å². The molecule has 2 atom stereocenters. The van der Waals surface area contributed by atoms with Crippen molar-refractivity contribution in [1.82, 2.24) is 25.0 Å². The lowest BCUT2D eigenvalue weighted by molar-refractivity contribution is 0.0966. The summed E-state index contributed by atoms with van der Waals surface area (Å²) in [6.07, 6.45) is 4.56. The van der Waals surface area contributed by atoms with Crippen molar-refractivity contribution >= 4 is 28.9 Å². The van der Waals surface area contributed by atoms with E-state index >= 15 is 0 Å². The lowest BCUT2D eigenvalue weighted by Gasteiger charge is -2.25. The molecule has 0 radical (unpaired) electrons. The van der Waals surface area contributed by atoms with Crippen LogP contribution in [0.1, 0.15) is 29.8 Å². The van der Waals surface area contributed by atoms with Gasteiger partial charge in [0.15, 0.2) is 0 Å². The average molecular weight is 486 g/mol. The van der Waals surface area contributed by atoms with E-state index in [4.69, 9.17) is 4.98 Å². The molecule has 0 spiro atoms. The number of hydrogen-bond donors (Lipinski definition) is 3. The number of carbonyl (C=O) groups excluding carboxylic acids is 1. The number of nitrogens with zero attached hydrogens (tertiary/aromatic N) is 4. The van der Waals surface area contributed by atoms with Gasteiger partial charge in [0.05, 0.1) is 23.1 Å². The van der Waals surface area contributed by atoms with Crippen LogP contribution in [0.15, 0.2) is 54.9 Å². The SMILES string of the molecule is C.O=C1NCc2c(-c3cnc4cc(F)ccn34)ccc(Nc3cccc(N4CC[C@@H]5CNC[C@@H]54)n3)c21. The average Bonchev–Trinajstić information content (AvgIpc) is 3.63. The number of fused-ring (bicyclic) bond motifs is 3. The molecule has 9 heteroatoms. The third kappa shape index (κ3) is 3.50. The standard InChI is InChI=1S/C26H24FN7O.CH4/c27-16-7-9-34-21(14-29-24(34)10-16)17-4-5-19(25-18(17)12-30-26(25)35)31-22-2-1-3-23(32-22)33-8-6-15-11-28-13-20(15)33;/h1-5,7,9-10,14-15,20,28H,6,8,11-13H2,(H,30,35)(H,31,32);1H4/t15-,20+;/m1./s1. The van der Waals surface area contributed by atoms with E-state index in [0.717, 1.165) is 42.3 Å². The van der Waals surface area contributed by atoms with Gasteiger partial charge in [-0.15, -0.1) is 0 Å². The van der Waals surface area contributed by atoms with Gasteiger partial charge in [-0.05, 0) is 42.2 Å². The number of rotatable bonds is 4. The molecule has 1 aromatic carbocycles. The molecular weight excluding hydrogens is 457 g/mol. The number of carbonyl (C=O) groups is 1. The minimum absolute atomic E-state index is 0. The molecular formula is C27H28FN7O. The zero-order chi connectivity index (χ0) is 23.5. The number of hydrogen-bond acceptors (Lipinski definition) is 6. The summed E-state index contributed by atoms with van der Waals surface area (Å²) in [5.74, 6) is 1.89. The van der Waals surface area contributed by atoms with Gasteiger partial charge in [0.25, 0.3) is 5.91 Å². The van der Waals surface area contributed by atoms with Crippen LogP contribution in [0, 0.1) is 11.7 Å². The quantitative estimate of drug-likeness (QED) is 0.406. The van der Waals surface area contributed by atoms with Crippen LogP contribution in [-0.2, 0) is 6.54 Å². The molecule has 1 amide bonds. The van der Waals surface area contributed by atoms with Crippen LogP contribution in [0.2, 0.25) is 0 Å². The second-order valence-corrected chi connectivity index (χ2v) is 9.39. The Morgan fingerprint density at radius 1 is 1.14 bits per heavy atom. The summed E-state index contributed by atoms with van der Waals surface area (Å²) >= 11 is 0. The van der Waals surface area contributed by atoms with Crippen LogP contribution < -0.4 is 20.9 Å². The van der Waals surface area contributed by atoms with Crippen molar-refractivity contribution in [3.63, 3.8) is 0 Å². The first-order chi connectivity index (χ1) is 17.2. The minimum atomic E-state index is -0.334. The van der Waals surface area contributed by atoms with Gasteiger partial charge in [0.2, 0.25) is 0 Å². The number of anilines is 3. The van der Waals surface area contributed by atoms with Gasteiger partial charge in [0.1, 0.15) is 23.1 Å². The lowest BCUT2D eigenvalue weighted by atomic mass is 9.99. The van der Waals surface area contributed by atoms with E-state index in [1.807, 2.05) is 28.7 Å². The van der Waals surface area contributed by atoms with Crippen LogP contribution >= 0.6 is 0 Å².